The highest BCUT2D eigenvalue weighted by Crippen LogP contribution is 2.19. The maximum atomic E-state index is 11.9. The number of rotatable bonds is 6. The molecule has 18 heavy (non-hydrogen) atoms. The van der Waals surface area contributed by atoms with E-state index in [0.29, 0.717) is 11.4 Å². The third-order valence-electron chi connectivity index (χ3n) is 2.76. The Morgan fingerprint density at radius 3 is 2.11 bits per heavy atom. The molecule has 0 heterocycles. The second-order valence-corrected chi connectivity index (χ2v) is 6.30. The van der Waals surface area contributed by atoms with Gasteiger partial charge in [0.2, 0.25) is 10.0 Å². The molecule has 6 heteroatoms. The zero-order chi connectivity index (χ0) is 13.8. The van der Waals surface area contributed by atoms with E-state index in [2.05, 4.69) is 4.90 Å². The van der Waals surface area contributed by atoms with E-state index in [4.69, 9.17) is 5.73 Å². The van der Waals surface area contributed by atoms with E-state index >= 15 is 0 Å². The smallest absolute Gasteiger partial charge is 0.242 e. The van der Waals surface area contributed by atoms with Crippen molar-refractivity contribution in [1.82, 2.24) is 4.31 Å². The summed E-state index contributed by atoms with van der Waals surface area (Å²) >= 11 is 0. The van der Waals surface area contributed by atoms with Crippen LogP contribution < -0.4 is 10.6 Å². The maximum absolute atomic E-state index is 11.9. The average Bonchev–Trinajstić information content (AvgIpc) is 2.36. The number of hydrogen-bond donors (Lipinski definition) is 1. The summed E-state index contributed by atoms with van der Waals surface area (Å²) in [5.74, 6) is 0. The van der Waals surface area contributed by atoms with Crippen molar-refractivity contribution in [3.63, 3.8) is 0 Å². The SMILES string of the molecule is CCN(CCN)c1ccc(S(=O)(=O)N(C)C)cc1. The first kappa shape index (κ1) is 14.9. The summed E-state index contributed by atoms with van der Waals surface area (Å²) in [6.07, 6.45) is 0. The number of likely N-dealkylation sites (N-methyl/N-ethyl adjacent to an activating group) is 1. The summed E-state index contributed by atoms with van der Waals surface area (Å²) in [4.78, 5) is 2.41. The second-order valence-electron chi connectivity index (χ2n) is 4.15. The van der Waals surface area contributed by atoms with Crippen molar-refractivity contribution >= 4 is 15.7 Å². The predicted octanol–water partition coefficient (Wildman–Crippen LogP) is 0.722. The molecule has 0 radical (unpaired) electrons. The van der Waals surface area contributed by atoms with Crippen LogP contribution >= 0.6 is 0 Å². The molecule has 1 rings (SSSR count). The van der Waals surface area contributed by atoms with Crippen molar-refractivity contribution < 1.29 is 8.42 Å². The first-order chi connectivity index (χ1) is 8.43. The molecule has 102 valence electrons. The van der Waals surface area contributed by atoms with Crippen molar-refractivity contribution in [2.75, 3.05) is 38.6 Å². The van der Waals surface area contributed by atoms with Crippen LogP contribution in [0.5, 0.6) is 0 Å². The van der Waals surface area contributed by atoms with Gasteiger partial charge in [-0.1, -0.05) is 0 Å². The van der Waals surface area contributed by atoms with E-state index in [9.17, 15) is 8.42 Å². The molecular weight excluding hydrogens is 250 g/mol. The van der Waals surface area contributed by atoms with Crippen LogP contribution in [-0.2, 0) is 10.0 Å². The van der Waals surface area contributed by atoms with E-state index < -0.39 is 10.0 Å². The molecule has 0 saturated carbocycles. The highest BCUT2D eigenvalue weighted by molar-refractivity contribution is 7.89. The Balaban J connectivity index is 2.99. The quantitative estimate of drug-likeness (QED) is 0.828. The summed E-state index contributed by atoms with van der Waals surface area (Å²) in [5, 5.41) is 0. The van der Waals surface area contributed by atoms with E-state index in [0.717, 1.165) is 18.8 Å². The molecule has 1 aromatic carbocycles. The normalized spacial score (nSPS) is 11.8. The summed E-state index contributed by atoms with van der Waals surface area (Å²) < 4.78 is 25.0. The van der Waals surface area contributed by atoms with Crippen LogP contribution in [0.15, 0.2) is 29.2 Å². The average molecular weight is 271 g/mol. The molecule has 0 saturated heterocycles. The Bertz CT molecular complexity index is 469. The Morgan fingerprint density at radius 2 is 1.72 bits per heavy atom. The van der Waals surface area contributed by atoms with Crippen molar-refractivity contribution in [3.8, 4) is 0 Å². The van der Waals surface area contributed by atoms with Gasteiger partial charge in [-0.2, -0.15) is 0 Å². The van der Waals surface area contributed by atoms with Crippen molar-refractivity contribution in [2.45, 2.75) is 11.8 Å². The molecule has 0 amide bonds. The number of hydrogen-bond acceptors (Lipinski definition) is 4. The third-order valence-corrected chi connectivity index (χ3v) is 4.59. The first-order valence-corrected chi connectivity index (χ1v) is 7.35. The van der Waals surface area contributed by atoms with Crippen LogP contribution in [0.2, 0.25) is 0 Å². The largest absolute Gasteiger partial charge is 0.371 e. The number of anilines is 1. The second kappa shape index (κ2) is 6.17. The van der Waals surface area contributed by atoms with Crippen LogP contribution in [0.3, 0.4) is 0 Å². The van der Waals surface area contributed by atoms with Gasteiger partial charge in [0.05, 0.1) is 4.90 Å². The highest BCUT2D eigenvalue weighted by atomic mass is 32.2. The van der Waals surface area contributed by atoms with Crippen LogP contribution in [0.1, 0.15) is 6.92 Å². The maximum Gasteiger partial charge on any atom is 0.242 e. The predicted molar refractivity (Wildman–Crippen MR) is 74.3 cm³/mol. The number of nitrogens with two attached hydrogens (primary N) is 1. The summed E-state index contributed by atoms with van der Waals surface area (Å²) in [5.41, 5.74) is 6.52. The molecule has 0 atom stereocenters. The van der Waals surface area contributed by atoms with Gasteiger partial charge in [0, 0.05) is 39.4 Å². The minimum atomic E-state index is -3.35. The molecule has 0 unspecified atom stereocenters. The fourth-order valence-corrected chi connectivity index (χ4v) is 2.57. The summed E-state index contributed by atoms with van der Waals surface area (Å²) in [6, 6.07) is 6.89. The van der Waals surface area contributed by atoms with Gasteiger partial charge in [0.1, 0.15) is 0 Å². The lowest BCUT2D eigenvalue weighted by Crippen LogP contribution is -2.29. The first-order valence-electron chi connectivity index (χ1n) is 5.91. The van der Waals surface area contributed by atoms with Crippen LogP contribution in [0.4, 0.5) is 5.69 Å². The molecule has 1 aromatic rings. The lowest BCUT2D eigenvalue weighted by molar-refractivity contribution is 0.521. The minimum absolute atomic E-state index is 0.306. The Hall–Kier alpha value is -1.11. The number of sulfonamides is 1. The van der Waals surface area contributed by atoms with Gasteiger partial charge >= 0.3 is 0 Å². The van der Waals surface area contributed by atoms with Crippen molar-refractivity contribution in [3.05, 3.63) is 24.3 Å². The molecule has 0 spiro atoms. The highest BCUT2D eigenvalue weighted by Gasteiger charge is 2.16. The van der Waals surface area contributed by atoms with Gasteiger partial charge in [0.15, 0.2) is 0 Å². The van der Waals surface area contributed by atoms with E-state index in [1.54, 1.807) is 12.1 Å². The Morgan fingerprint density at radius 1 is 1.17 bits per heavy atom. The molecule has 0 aromatic heterocycles. The van der Waals surface area contributed by atoms with Crippen LogP contribution in [-0.4, -0.2) is 46.5 Å². The molecule has 0 aliphatic heterocycles. The summed E-state index contributed by atoms with van der Waals surface area (Å²) in [6.45, 7) is 4.22. The number of nitrogens with zero attached hydrogens (tertiary/aromatic N) is 2. The van der Waals surface area contributed by atoms with E-state index in [1.807, 2.05) is 19.1 Å². The molecule has 0 bridgehead atoms. The molecule has 5 nitrogen and oxygen atoms in total. The van der Waals surface area contributed by atoms with Gasteiger partial charge < -0.3 is 10.6 Å². The van der Waals surface area contributed by atoms with Gasteiger partial charge in [-0.25, -0.2) is 12.7 Å². The Labute approximate surface area is 109 Å². The van der Waals surface area contributed by atoms with E-state index in [1.165, 1.54) is 18.4 Å². The van der Waals surface area contributed by atoms with Gasteiger partial charge in [-0.15, -0.1) is 0 Å². The lowest BCUT2D eigenvalue weighted by atomic mass is 10.3. The summed E-state index contributed by atoms with van der Waals surface area (Å²) in [7, 11) is -0.301. The third kappa shape index (κ3) is 3.22. The molecule has 0 fully saturated rings. The zero-order valence-electron chi connectivity index (χ0n) is 11.1. The minimum Gasteiger partial charge on any atom is -0.371 e. The van der Waals surface area contributed by atoms with Gasteiger partial charge in [0.25, 0.3) is 0 Å². The van der Waals surface area contributed by atoms with Gasteiger partial charge in [-0.3, -0.25) is 0 Å². The van der Waals surface area contributed by atoms with Crippen LogP contribution in [0, 0.1) is 0 Å². The fourth-order valence-electron chi connectivity index (χ4n) is 1.67. The Kier molecular flexibility index (Phi) is 5.13. The van der Waals surface area contributed by atoms with Crippen LogP contribution in [0.25, 0.3) is 0 Å². The van der Waals surface area contributed by atoms with Gasteiger partial charge in [-0.05, 0) is 31.2 Å². The number of benzene rings is 1. The molecule has 0 aliphatic carbocycles. The zero-order valence-corrected chi connectivity index (χ0v) is 11.9. The molecular formula is C12H21N3O2S. The molecule has 2 N–H and O–H groups in total. The standard InChI is InChI=1S/C12H21N3O2S/c1-4-15(10-9-13)11-5-7-12(8-6-11)18(16,17)14(2)3/h5-8H,4,9-10,13H2,1-3H3. The molecule has 0 aliphatic rings. The fraction of sp³-hybridized carbons (Fsp3) is 0.500. The monoisotopic (exact) mass is 271 g/mol. The van der Waals surface area contributed by atoms with E-state index in [-0.39, 0.29) is 0 Å². The van der Waals surface area contributed by atoms with Crippen molar-refractivity contribution in [1.29, 1.82) is 0 Å². The topological polar surface area (TPSA) is 66.6 Å². The van der Waals surface area contributed by atoms with Crippen molar-refractivity contribution in [2.24, 2.45) is 5.73 Å². The lowest BCUT2D eigenvalue weighted by Gasteiger charge is -2.22.